The number of rotatable bonds is 8. The van der Waals surface area contributed by atoms with Crippen LogP contribution in [0.4, 0.5) is 0 Å². The van der Waals surface area contributed by atoms with Crippen LogP contribution in [-0.4, -0.2) is 48.0 Å². The number of nitrogens with zero attached hydrogens (tertiary/aromatic N) is 2. The highest BCUT2D eigenvalue weighted by Gasteiger charge is 2.25. The Kier molecular flexibility index (Phi) is 7.57. The predicted molar refractivity (Wildman–Crippen MR) is 112 cm³/mol. The van der Waals surface area contributed by atoms with Crippen molar-refractivity contribution in [2.24, 2.45) is 0 Å². The molecule has 0 atom stereocenters. The number of para-hydroxylation sites is 1. The Hall–Kier alpha value is -2.48. The summed E-state index contributed by atoms with van der Waals surface area (Å²) < 4.78 is 16.9. The molecule has 2 aromatic rings. The number of hydrogen-bond acceptors (Lipinski definition) is 7. The van der Waals surface area contributed by atoms with E-state index in [4.69, 9.17) is 14.2 Å². The summed E-state index contributed by atoms with van der Waals surface area (Å²) in [6.45, 7) is 1.91. The average molecular weight is 418 g/mol. The SMILES string of the molecule is COc1cccc(OC2CCC(NC(=O)CSc3nccc(C)n3)CC2)c1OC. The van der Waals surface area contributed by atoms with E-state index in [0.29, 0.717) is 28.2 Å². The molecule has 1 heterocycles. The zero-order valence-electron chi connectivity index (χ0n) is 17.0. The lowest BCUT2D eigenvalue weighted by atomic mass is 9.93. The van der Waals surface area contributed by atoms with Crippen molar-refractivity contribution in [1.29, 1.82) is 0 Å². The number of amides is 1. The fourth-order valence-corrected chi connectivity index (χ4v) is 4.04. The molecule has 1 N–H and O–H groups in total. The van der Waals surface area contributed by atoms with Crippen LogP contribution in [0.5, 0.6) is 17.2 Å². The largest absolute Gasteiger partial charge is 0.493 e. The van der Waals surface area contributed by atoms with Gasteiger partial charge in [0.15, 0.2) is 16.7 Å². The molecule has 1 amide bonds. The molecule has 1 aromatic heterocycles. The molecule has 156 valence electrons. The van der Waals surface area contributed by atoms with Crippen molar-refractivity contribution in [2.45, 2.75) is 49.9 Å². The number of carbonyl (C=O) groups excluding carboxylic acids is 1. The number of nitrogens with one attached hydrogen (secondary N) is 1. The number of aryl methyl sites for hydroxylation is 1. The third kappa shape index (κ3) is 6.00. The molecule has 8 heteroatoms. The molecule has 29 heavy (non-hydrogen) atoms. The van der Waals surface area contributed by atoms with E-state index in [0.717, 1.165) is 31.4 Å². The van der Waals surface area contributed by atoms with Gasteiger partial charge < -0.3 is 19.5 Å². The fourth-order valence-electron chi connectivity index (χ4n) is 3.35. The van der Waals surface area contributed by atoms with E-state index in [2.05, 4.69) is 15.3 Å². The summed E-state index contributed by atoms with van der Waals surface area (Å²) in [5, 5.41) is 3.74. The highest BCUT2D eigenvalue weighted by atomic mass is 32.2. The first kappa shape index (κ1) is 21.2. The van der Waals surface area contributed by atoms with Gasteiger partial charge in [0, 0.05) is 17.9 Å². The van der Waals surface area contributed by atoms with E-state index in [1.807, 2.05) is 31.2 Å². The van der Waals surface area contributed by atoms with Crippen LogP contribution in [-0.2, 0) is 4.79 Å². The van der Waals surface area contributed by atoms with Gasteiger partial charge in [0.1, 0.15) is 0 Å². The third-order valence-corrected chi connectivity index (χ3v) is 5.67. The van der Waals surface area contributed by atoms with Gasteiger partial charge in [0.25, 0.3) is 0 Å². The van der Waals surface area contributed by atoms with Crippen molar-refractivity contribution in [3.8, 4) is 17.2 Å². The van der Waals surface area contributed by atoms with Crippen LogP contribution in [0.15, 0.2) is 35.6 Å². The van der Waals surface area contributed by atoms with Gasteiger partial charge in [-0.05, 0) is 50.8 Å². The first-order valence-electron chi connectivity index (χ1n) is 9.68. The Bertz CT molecular complexity index is 825. The van der Waals surface area contributed by atoms with Crippen molar-refractivity contribution >= 4 is 17.7 Å². The van der Waals surface area contributed by atoms with E-state index >= 15 is 0 Å². The van der Waals surface area contributed by atoms with Crippen LogP contribution in [0, 0.1) is 6.92 Å². The highest BCUT2D eigenvalue weighted by molar-refractivity contribution is 7.99. The number of aromatic nitrogens is 2. The zero-order chi connectivity index (χ0) is 20.6. The standard InChI is InChI=1S/C21H27N3O4S/c1-14-11-12-22-21(23-14)29-13-19(25)24-15-7-9-16(10-8-15)28-18-6-4-5-17(26-2)20(18)27-3/h4-6,11-12,15-16H,7-10,13H2,1-3H3,(H,24,25). The molecule has 7 nitrogen and oxygen atoms in total. The highest BCUT2D eigenvalue weighted by Crippen LogP contribution is 2.38. The van der Waals surface area contributed by atoms with Crippen LogP contribution < -0.4 is 19.5 Å². The minimum Gasteiger partial charge on any atom is -0.493 e. The molecule has 1 aliphatic carbocycles. The maximum absolute atomic E-state index is 12.2. The fraction of sp³-hybridized carbons (Fsp3) is 0.476. The first-order valence-corrected chi connectivity index (χ1v) is 10.7. The van der Waals surface area contributed by atoms with Crippen LogP contribution in [0.1, 0.15) is 31.4 Å². The lowest BCUT2D eigenvalue weighted by Gasteiger charge is -2.30. The lowest BCUT2D eigenvalue weighted by molar-refractivity contribution is -0.119. The summed E-state index contributed by atoms with van der Waals surface area (Å²) in [4.78, 5) is 20.7. The summed E-state index contributed by atoms with van der Waals surface area (Å²) in [7, 11) is 3.22. The number of ether oxygens (including phenoxy) is 3. The van der Waals surface area contributed by atoms with Crippen molar-refractivity contribution in [3.63, 3.8) is 0 Å². The normalized spacial score (nSPS) is 18.7. The van der Waals surface area contributed by atoms with Gasteiger partial charge in [-0.1, -0.05) is 17.8 Å². The second kappa shape index (κ2) is 10.3. The number of hydrogen-bond donors (Lipinski definition) is 1. The summed E-state index contributed by atoms with van der Waals surface area (Å²) in [6.07, 6.45) is 5.32. The van der Waals surface area contributed by atoms with Gasteiger partial charge in [-0.15, -0.1) is 0 Å². The van der Waals surface area contributed by atoms with Gasteiger partial charge in [0.2, 0.25) is 11.7 Å². The third-order valence-electron chi connectivity index (χ3n) is 4.80. The molecule has 0 bridgehead atoms. The molecule has 0 saturated heterocycles. The van der Waals surface area contributed by atoms with Gasteiger partial charge in [0.05, 0.1) is 26.1 Å². The number of carbonyl (C=O) groups is 1. The molecule has 0 unspecified atom stereocenters. The molecule has 0 spiro atoms. The Labute approximate surface area is 175 Å². The number of thioether (sulfide) groups is 1. The Morgan fingerprint density at radius 2 is 1.90 bits per heavy atom. The quantitative estimate of drug-likeness (QED) is 0.521. The molecule has 1 saturated carbocycles. The average Bonchev–Trinajstić information content (AvgIpc) is 2.73. The number of benzene rings is 1. The molecular formula is C21H27N3O4S. The van der Waals surface area contributed by atoms with Gasteiger partial charge in [-0.2, -0.15) is 0 Å². The maximum atomic E-state index is 12.2. The first-order chi connectivity index (χ1) is 14.1. The smallest absolute Gasteiger partial charge is 0.230 e. The van der Waals surface area contributed by atoms with E-state index < -0.39 is 0 Å². The molecule has 0 radical (unpaired) electrons. The van der Waals surface area contributed by atoms with E-state index in [-0.39, 0.29) is 18.1 Å². The zero-order valence-corrected chi connectivity index (χ0v) is 17.8. The molecular weight excluding hydrogens is 390 g/mol. The van der Waals surface area contributed by atoms with Crippen LogP contribution >= 0.6 is 11.8 Å². The Morgan fingerprint density at radius 3 is 2.59 bits per heavy atom. The van der Waals surface area contributed by atoms with Crippen LogP contribution in [0.25, 0.3) is 0 Å². The summed E-state index contributed by atoms with van der Waals surface area (Å²) >= 11 is 1.36. The van der Waals surface area contributed by atoms with Crippen molar-refractivity contribution in [3.05, 3.63) is 36.2 Å². The maximum Gasteiger partial charge on any atom is 0.230 e. The van der Waals surface area contributed by atoms with E-state index in [9.17, 15) is 4.79 Å². The Balaban J connectivity index is 1.44. The minimum absolute atomic E-state index is 0.0129. The summed E-state index contributed by atoms with van der Waals surface area (Å²) in [5.74, 6) is 2.29. The summed E-state index contributed by atoms with van der Waals surface area (Å²) in [6, 6.07) is 7.63. The second-order valence-electron chi connectivity index (χ2n) is 6.92. The minimum atomic E-state index is 0.0129. The van der Waals surface area contributed by atoms with Gasteiger partial charge in [-0.25, -0.2) is 9.97 Å². The molecule has 1 aromatic carbocycles. The van der Waals surface area contributed by atoms with Crippen LogP contribution in [0.3, 0.4) is 0 Å². The van der Waals surface area contributed by atoms with E-state index in [1.54, 1.807) is 20.4 Å². The molecule has 1 aliphatic rings. The molecule has 0 aliphatic heterocycles. The monoisotopic (exact) mass is 417 g/mol. The Morgan fingerprint density at radius 1 is 1.14 bits per heavy atom. The van der Waals surface area contributed by atoms with Crippen molar-refractivity contribution < 1.29 is 19.0 Å². The van der Waals surface area contributed by atoms with Crippen molar-refractivity contribution in [2.75, 3.05) is 20.0 Å². The van der Waals surface area contributed by atoms with Crippen molar-refractivity contribution in [1.82, 2.24) is 15.3 Å². The van der Waals surface area contributed by atoms with Crippen LogP contribution in [0.2, 0.25) is 0 Å². The summed E-state index contributed by atoms with van der Waals surface area (Å²) in [5.41, 5.74) is 0.897. The topological polar surface area (TPSA) is 82.6 Å². The molecule has 3 rings (SSSR count). The predicted octanol–water partition coefficient (Wildman–Crippen LogP) is 3.40. The molecule has 1 fully saturated rings. The number of methoxy groups -OCH3 is 2. The van der Waals surface area contributed by atoms with Gasteiger partial charge >= 0.3 is 0 Å². The lowest BCUT2D eigenvalue weighted by Crippen LogP contribution is -2.40. The van der Waals surface area contributed by atoms with Gasteiger partial charge in [-0.3, -0.25) is 4.79 Å². The second-order valence-corrected chi connectivity index (χ2v) is 7.86. The van der Waals surface area contributed by atoms with E-state index in [1.165, 1.54) is 11.8 Å².